The second kappa shape index (κ2) is 5.42. The van der Waals surface area contributed by atoms with Crippen LogP contribution in [0.1, 0.15) is 15.9 Å². The number of benzene rings is 1. The summed E-state index contributed by atoms with van der Waals surface area (Å²) in [5.41, 5.74) is 0.248. The molecule has 0 saturated heterocycles. The smallest absolute Gasteiger partial charge is 0.335 e. The van der Waals surface area contributed by atoms with Crippen LogP contribution in [0.4, 0.5) is 5.13 Å². The number of aromatic carboxylic acids is 1. The minimum Gasteiger partial charge on any atom is -0.478 e. The molecule has 20 heavy (non-hydrogen) atoms. The zero-order valence-corrected chi connectivity index (χ0v) is 13.1. The Hall–Kier alpha value is -1.59. The molecule has 0 unspecified atom stereocenters. The minimum absolute atomic E-state index is 0.00116. The summed E-state index contributed by atoms with van der Waals surface area (Å²) in [4.78, 5) is 10.8. The van der Waals surface area contributed by atoms with Crippen molar-refractivity contribution in [2.24, 2.45) is 0 Å². The number of hydrogen-bond acceptors (Lipinski definition) is 7. The molecule has 0 amide bonds. The third kappa shape index (κ3) is 2.94. The number of carboxylic acid groups (broad SMARTS) is 1. The van der Waals surface area contributed by atoms with Gasteiger partial charge in [0, 0.05) is 16.0 Å². The van der Waals surface area contributed by atoms with Crippen molar-refractivity contribution in [3.63, 3.8) is 0 Å². The van der Waals surface area contributed by atoms with E-state index in [0.29, 0.717) is 10.0 Å². The number of carbonyl (C=O) groups is 1. The van der Waals surface area contributed by atoms with Crippen molar-refractivity contribution in [2.75, 3.05) is 4.72 Å². The van der Waals surface area contributed by atoms with E-state index in [2.05, 4.69) is 35.5 Å². The van der Waals surface area contributed by atoms with Crippen LogP contribution < -0.4 is 4.72 Å². The molecule has 106 valence electrons. The lowest BCUT2D eigenvalue weighted by atomic mass is 10.1. The number of halogens is 1. The number of rotatable bonds is 4. The molecule has 1 aromatic heterocycles. The summed E-state index contributed by atoms with van der Waals surface area (Å²) in [7, 11) is -3.97. The van der Waals surface area contributed by atoms with Gasteiger partial charge in [-0.1, -0.05) is 25.5 Å². The number of anilines is 1. The molecule has 0 aliphatic carbocycles. The fraction of sp³-hybridized carbons (Fsp3) is 0.111. The third-order valence-corrected chi connectivity index (χ3v) is 5.28. The van der Waals surface area contributed by atoms with E-state index < -0.39 is 16.0 Å². The van der Waals surface area contributed by atoms with Gasteiger partial charge in [0.25, 0.3) is 10.0 Å². The van der Waals surface area contributed by atoms with Crippen molar-refractivity contribution < 1.29 is 18.3 Å². The molecule has 0 aliphatic rings. The van der Waals surface area contributed by atoms with Crippen molar-refractivity contribution >= 4 is 48.6 Å². The standard InChI is InChI=1S/C9H7BrN4O4S2/c1-4-6(10)2-5(8(15)16)3-7(4)20(17,18)12-9-11-13-14-19-9/h2-3H,1H3,(H,15,16)(H,11,12,14). The SMILES string of the molecule is Cc1c(Br)cc(C(=O)O)cc1S(=O)(=O)Nc1nnns1. The van der Waals surface area contributed by atoms with Crippen LogP contribution in [-0.4, -0.2) is 34.3 Å². The predicted molar refractivity (Wildman–Crippen MR) is 74.4 cm³/mol. The maximum atomic E-state index is 12.2. The number of hydrogen-bond donors (Lipinski definition) is 2. The molecule has 8 nitrogen and oxygen atoms in total. The van der Waals surface area contributed by atoms with Crippen molar-refractivity contribution in [3.8, 4) is 0 Å². The first-order valence-corrected chi connectivity index (χ1v) is 8.07. The highest BCUT2D eigenvalue weighted by Crippen LogP contribution is 2.27. The zero-order valence-electron chi connectivity index (χ0n) is 9.86. The molecule has 1 aromatic carbocycles. The van der Waals surface area contributed by atoms with Crippen LogP contribution in [0.5, 0.6) is 0 Å². The van der Waals surface area contributed by atoms with Crippen LogP contribution in [0.15, 0.2) is 21.5 Å². The fourth-order valence-electron chi connectivity index (χ4n) is 1.40. The number of nitrogens with one attached hydrogen (secondary N) is 1. The Morgan fingerprint density at radius 3 is 2.70 bits per heavy atom. The highest BCUT2D eigenvalue weighted by atomic mass is 79.9. The van der Waals surface area contributed by atoms with Crippen LogP contribution in [0.2, 0.25) is 0 Å². The van der Waals surface area contributed by atoms with E-state index in [1.807, 2.05) is 0 Å². The molecule has 2 rings (SSSR count). The van der Waals surface area contributed by atoms with Crippen LogP contribution >= 0.6 is 27.5 Å². The zero-order chi connectivity index (χ0) is 14.9. The number of sulfonamides is 1. The second-order valence-corrected chi connectivity index (χ2v) is 6.90. The van der Waals surface area contributed by atoms with Crippen LogP contribution in [0, 0.1) is 6.92 Å². The molecule has 0 saturated carbocycles. The molecule has 2 N–H and O–H groups in total. The van der Waals surface area contributed by atoms with Crippen LogP contribution in [0.25, 0.3) is 0 Å². The lowest BCUT2D eigenvalue weighted by Crippen LogP contribution is -2.15. The van der Waals surface area contributed by atoms with E-state index in [9.17, 15) is 13.2 Å². The summed E-state index contributed by atoms with van der Waals surface area (Å²) in [6, 6.07) is 2.42. The Labute approximate surface area is 126 Å². The second-order valence-electron chi connectivity index (χ2n) is 3.66. The first-order valence-electron chi connectivity index (χ1n) is 5.02. The summed E-state index contributed by atoms with van der Waals surface area (Å²) >= 11 is 3.92. The van der Waals surface area contributed by atoms with E-state index in [1.54, 1.807) is 6.92 Å². The summed E-state index contributed by atoms with van der Waals surface area (Å²) in [5, 5.41) is 15.7. The third-order valence-electron chi connectivity index (χ3n) is 2.35. The molecular formula is C9H7BrN4O4S2. The molecule has 1 heterocycles. The molecule has 0 atom stereocenters. The molecule has 0 bridgehead atoms. The first kappa shape index (κ1) is 14.8. The van der Waals surface area contributed by atoms with Crippen molar-refractivity contribution in [1.29, 1.82) is 0 Å². The predicted octanol–water partition coefficient (Wildman–Crippen LogP) is 1.50. The molecule has 0 aliphatic heterocycles. The van der Waals surface area contributed by atoms with Crippen molar-refractivity contribution in [2.45, 2.75) is 11.8 Å². The number of nitrogens with zero attached hydrogens (tertiary/aromatic N) is 3. The van der Waals surface area contributed by atoms with Gasteiger partial charge in [0.05, 0.1) is 10.5 Å². The highest BCUT2D eigenvalue weighted by molar-refractivity contribution is 9.10. The molecular weight excluding hydrogens is 372 g/mol. The monoisotopic (exact) mass is 378 g/mol. The molecule has 0 spiro atoms. The molecule has 2 aromatic rings. The van der Waals surface area contributed by atoms with Crippen molar-refractivity contribution in [1.82, 2.24) is 14.8 Å². The lowest BCUT2D eigenvalue weighted by Gasteiger charge is -2.10. The van der Waals surface area contributed by atoms with E-state index in [0.717, 1.165) is 17.6 Å². The van der Waals surface area contributed by atoms with Gasteiger partial charge in [-0.3, -0.25) is 4.72 Å². The van der Waals surface area contributed by atoms with Gasteiger partial charge in [-0.05, 0) is 29.8 Å². The Morgan fingerprint density at radius 1 is 1.45 bits per heavy atom. The quantitative estimate of drug-likeness (QED) is 0.825. The number of carboxylic acids is 1. The number of aromatic nitrogens is 3. The van der Waals surface area contributed by atoms with Crippen LogP contribution in [-0.2, 0) is 10.0 Å². The minimum atomic E-state index is -3.97. The lowest BCUT2D eigenvalue weighted by molar-refractivity contribution is 0.0696. The summed E-state index contributed by atoms with van der Waals surface area (Å²) in [6.07, 6.45) is 0. The van der Waals surface area contributed by atoms with Gasteiger partial charge in [-0.15, -0.1) is 0 Å². The Bertz CT molecular complexity index is 761. The average molecular weight is 379 g/mol. The van der Waals surface area contributed by atoms with E-state index >= 15 is 0 Å². The van der Waals surface area contributed by atoms with Gasteiger partial charge in [0.1, 0.15) is 0 Å². The summed E-state index contributed by atoms with van der Waals surface area (Å²) < 4.78 is 30.5. The van der Waals surface area contributed by atoms with Crippen molar-refractivity contribution in [3.05, 3.63) is 27.7 Å². The molecule has 11 heteroatoms. The Balaban J connectivity index is 2.53. The van der Waals surface area contributed by atoms with Gasteiger partial charge in [0.2, 0.25) is 5.13 Å². The van der Waals surface area contributed by atoms with E-state index in [-0.39, 0.29) is 15.6 Å². The first-order chi connectivity index (χ1) is 9.31. The largest absolute Gasteiger partial charge is 0.478 e. The topological polar surface area (TPSA) is 122 Å². The van der Waals surface area contributed by atoms with Gasteiger partial charge in [-0.2, -0.15) is 0 Å². The van der Waals surface area contributed by atoms with Gasteiger partial charge >= 0.3 is 5.97 Å². The van der Waals surface area contributed by atoms with Crippen LogP contribution in [0.3, 0.4) is 0 Å². The van der Waals surface area contributed by atoms with Gasteiger partial charge in [0.15, 0.2) is 0 Å². The highest BCUT2D eigenvalue weighted by Gasteiger charge is 2.22. The maximum absolute atomic E-state index is 12.2. The van der Waals surface area contributed by atoms with E-state index in [4.69, 9.17) is 5.11 Å². The fourth-order valence-corrected chi connectivity index (χ4v) is 3.87. The molecule has 0 fully saturated rings. The average Bonchev–Trinajstić information content (AvgIpc) is 2.83. The Morgan fingerprint density at radius 2 is 2.15 bits per heavy atom. The van der Waals surface area contributed by atoms with Gasteiger partial charge in [-0.25, -0.2) is 13.2 Å². The maximum Gasteiger partial charge on any atom is 0.335 e. The Kier molecular flexibility index (Phi) is 4.01. The summed E-state index contributed by atoms with van der Waals surface area (Å²) in [6.45, 7) is 1.56. The van der Waals surface area contributed by atoms with Gasteiger partial charge < -0.3 is 5.11 Å². The van der Waals surface area contributed by atoms with E-state index in [1.165, 1.54) is 6.07 Å². The summed E-state index contributed by atoms with van der Waals surface area (Å²) in [5.74, 6) is -1.22. The normalized spacial score (nSPS) is 11.3. The molecule has 0 radical (unpaired) electrons.